The largest absolute Gasteiger partial charge is 0.507 e. The summed E-state index contributed by atoms with van der Waals surface area (Å²) in [4.78, 5) is 4.25. The van der Waals surface area contributed by atoms with Crippen molar-refractivity contribution in [2.75, 3.05) is 0 Å². The molecule has 0 bridgehead atoms. The number of pyridine rings is 1. The molecule has 3 aromatic rings. The molecule has 3 rings (SSSR count). The molecule has 2 N–H and O–H groups in total. The third-order valence-electron chi connectivity index (χ3n) is 3.05. The fourth-order valence-electron chi connectivity index (χ4n) is 2.05. The van der Waals surface area contributed by atoms with E-state index in [9.17, 15) is 5.11 Å². The number of rotatable bonds is 2. The van der Waals surface area contributed by atoms with Crippen molar-refractivity contribution in [3.63, 3.8) is 0 Å². The van der Waals surface area contributed by atoms with Crippen molar-refractivity contribution in [2.45, 2.75) is 6.92 Å². The van der Waals surface area contributed by atoms with Gasteiger partial charge in [-0.05, 0) is 37.3 Å². The van der Waals surface area contributed by atoms with Crippen LogP contribution in [0.3, 0.4) is 0 Å². The van der Waals surface area contributed by atoms with E-state index in [1.165, 1.54) is 0 Å². The molecule has 1 aromatic carbocycles. The highest BCUT2D eigenvalue weighted by molar-refractivity contribution is 5.72. The summed E-state index contributed by atoms with van der Waals surface area (Å²) < 4.78 is 0. The first-order valence-corrected chi connectivity index (χ1v) is 6.01. The number of aromatic amines is 1. The zero-order chi connectivity index (χ0) is 13.2. The smallest absolute Gasteiger partial charge is 0.124 e. The first kappa shape index (κ1) is 11.5. The van der Waals surface area contributed by atoms with E-state index in [0.717, 1.165) is 28.2 Å². The minimum atomic E-state index is 0.237. The zero-order valence-electron chi connectivity index (χ0n) is 10.5. The second kappa shape index (κ2) is 4.57. The highest BCUT2D eigenvalue weighted by Gasteiger charge is 2.10. The maximum atomic E-state index is 9.84. The average Bonchev–Trinajstić information content (AvgIpc) is 2.89. The number of para-hydroxylation sites is 1. The first-order chi connectivity index (χ1) is 9.25. The van der Waals surface area contributed by atoms with Gasteiger partial charge in [-0.1, -0.05) is 12.1 Å². The number of phenols is 1. The van der Waals surface area contributed by atoms with Gasteiger partial charge in [0, 0.05) is 23.0 Å². The van der Waals surface area contributed by atoms with Gasteiger partial charge < -0.3 is 5.11 Å². The van der Waals surface area contributed by atoms with Crippen molar-refractivity contribution in [3.05, 3.63) is 54.4 Å². The molecule has 0 saturated heterocycles. The summed E-state index contributed by atoms with van der Waals surface area (Å²) in [5.41, 5.74) is 4.27. The van der Waals surface area contributed by atoms with Gasteiger partial charge in [0.1, 0.15) is 5.75 Å². The summed E-state index contributed by atoms with van der Waals surface area (Å²) in [7, 11) is 0. The van der Waals surface area contributed by atoms with Crippen molar-refractivity contribution in [2.24, 2.45) is 0 Å². The van der Waals surface area contributed by atoms with Gasteiger partial charge in [-0.3, -0.25) is 10.1 Å². The van der Waals surface area contributed by atoms with E-state index in [1.54, 1.807) is 18.3 Å². The molecule has 0 fully saturated rings. The van der Waals surface area contributed by atoms with Crippen LogP contribution in [0.1, 0.15) is 5.69 Å². The van der Waals surface area contributed by atoms with Crippen LogP contribution in [0.4, 0.5) is 0 Å². The number of aromatic hydroxyl groups is 1. The molecule has 0 unspecified atom stereocenters. The minimum Gasteiger partial charge on any atom is -0.507 e. The molecule has 19 heavy (non-hydrogen) atoms. The molecule has 0 spiro atoms. The van der Waals surface area contributed by atoms with Gasteiger partial charge in [-0.2, -0.15) is 5.10 Å². The SMILES string of the molecule is Cc1ncccc1-c1cc(-c2ccccc2O)[nH]n1. The van der Waals surface area contributed by atoms with E-state index in [2.05, 4.69) is 15.2 Å². The molecule has 0 aliphatic carbocycles. The van der Waals surface area contributed by atoms with Crippen LogP contribution >= 0.6 is 0 Å². The van der Waals surface area contributed by atoms with Gasteiger partial charge in [0.2, 0.25) is 0 Å². The fourth-order valence-corrected chi connectivity index (χ4v) is 2.05. The van der Waals surface area contributed by atoms with Crippen LogP contribution in [0, 0.1) is 6.92 Å². The van der Waals surface area contributed by atoms with Crippen LogP contribution in [0.15, 0.2) is 48.7 Å². The normalized spacial score (nSPS) is 10.6. The van der Waals surface area contributed by atoms with Crippen LogP contribution in [-0.4, -0.2) is 20.3 Å². The van der Waals surface area contributed by atoms with Crippen LogP contribution in [0.2, 0.25) is 0 Å². The van der Waals surface area contributed by atoms with Gasteiger partial charge in [-0.15, -0.1) is 0 Å². The Morgan fingerprint density at radius 3 is 2.63 bits per heavy atom. The first-order valence-electron chi connectivity index (χ1n) is 6.01. The Bertz CT molecular complexity index is 659. The Balaban J connectivity index is 2.06. The topological polar surface area (TPSA) is 61.8 Å². The quantitative estimate of drug-likeness (QED) is 0.735. The van der Waals surface area contributed by atoms with Gasteiger partial charge in [-0.25, -0.2) is 0 Å². The lowest BCUT2D eigenvalue weighted by molar-refractivity contribution is 0.477. The number of H-pyrrole nitrogens is 1. The summed E-state index contributed by atoms with van der Waals surface area (Å²) in [6, 6.07) is 13.0. The molecule has 0 amide bonds. The minimum absolute atomic E-state index is 0.237. The van der Waals surface area contributed by atoms with E-state index < -0.39 is 0 Å². The lowest BCUT2D eigenvalue weighted by Crippen LogP contribution is -1.86. The second-order valence-electron chi connectivity index (χ2n) is 4.32. The van der Waals surface area contributed by atoms with Crippen molar-refractivity contribution >= 4 is 0 Å². The zero-order valence-corrected chi connectivity index (χ0v) is 10.5. The van der Waals surface area contributed by atoms with Crippen LogP contribution in [-0.2, 0) is 0 Å². The summed E-state index contributed by atoms with van der Waals surface area (Å²) >= 11 is 0. The van der Waals surface area contributed by atoms with E-state index in [4.69, 9.17) is 0 Å². The third kappa shape index (κ3) is 2.08. The number of benzene rings is 1. The molecule has 4 heteroatoms. The average molecular weight is 251 g/mol. The van der Waals surface area contributed by atoms with Gasteiger partial charge in [0.15, 0.2) is 0 Å². The van der Waals surface area contributed by atoms with Crippen molar-refractivity contribution in [1.29, 1.82) is 0 Å². The molecule has 0 atom stereocenters. The summed E-state index contributed by atoms with van der Waals surface area (Å²) in [5.74, 6) is 0.237. The molecule has 2 aromatic heterocycles. The van der Waals surface area contributed by atoms with E-state index in [-0.39, 0.29) is 5.75 Å². The lowest BCUT2D eigenvalue weighted by Gasteiger charge is -2.00. The highest BCUT2D eigenvalue weighted by atomic mass is 16.3. The summed E-state index contributed by atoms with van der Waals surface area (Å²) in [6.45, 7) is 1.95. The summed E-state index contributed by atoms with van der Waals surface area (Å²) in [6.07, 6.45) is 1.76. The molecule has 0 aliphatic rings. The number of aryl methyl sites for hydroxylation is 1. The molecular formula is C15H13N3O. The Hall–Kier alpha value is -2.62. The number of nitrogens with one attached hydrogen (secondary N) is 1. The van der Waals surface area contributed by atoms with Crippen LogP contribution in [0.25, 0.3) is 22.5 Å². The van der Waals surface area contributed by atoms with Gasteiger partial charge in [0.05, 0.1) is 11.4 Å². The van der Waals surface area contributed by atoms with Crippen molar-refractivity contribution < 1.29 is 5.11 Å². The number of hydrogen-bond acceptors (Lipinski definition) is 3. The molecule has 2 heterocycles. The molecule has 4 nitrogen and oxygen atoms in total. The Morgan fingerprint density at radius 1 is 1.05 bits per heavy atom. The van der Waals surface area contributed by atoms with Gasteiger partial charge >= 0.3 is 0 Å². The molecule has 0 radical (unpaired) electrons. The number of nitrogens with zero attached hydrogens (tertiary/aromatic N) is 2. The standard InChI is InChI=1S/C15H13N3O/c1-10-11(6-4-8-16-10)13-9-14(18-17-13)12-5-2-3-7-15(12)19/h2-9,19H,1H3,(H,17,18). The van der Waals surface area contributed by atoms with Crippen LogP contribution in [0.5, 0.6) is 5.75 Å². The van der Waals surface area contributed by atoms with Crippen molar-refractivity contribution in [1.82, 2.24) is 15.2 Å². The molecule has 0 aliphatic heterocycles. The van der Waals surface area contributed by atoms with E-state index >= 15 is 0 Å². The Kier molecular flexibility index (Phi) is 2.76. The van der Waals surface area contributed by atoms with Crippen LogP contribution < -0.4 is 0 Å². The second-order valence-corrected chi connectivity index (χ2v) is 4.32. The highest BCUT2D eigenvalue weighted by Crippen LogP contribution is 2.30. The number of hydrogen-bond donors (Lipinski definition) is 2. The predicted molar refractivity (Wildman–Crippen MR) is 73.7 cm³/mol. The van der Waals surface area contributed by atoms with E-state index in [0.29, 0.717) is 0 Å². The number of aromatic nitrogens is 3. The molecule has 0 saturated carbocycles. The predicted octanol–water partition coefficient (Wildman–Crippen LogP) is 3.15. The number of phenolic OH excluding ortho intramolecular Hbond substituents is 1. The summed E-state index contributed by atoms with van der Waals surface area (Å²) in [5, 5.41) is 17.1. The fraction of sp³-hybridized carbons (Fsp3) is 0.0667. The van der Waals surface area contributed by atoms with Crippen molar-refractivity contribution in [3.8, 4) is 28.3 Å². The maximum Gasteiger partial charge on any atom is 0.124 e. The monoisotopic (exact) mass is 251 g/mol. The lowest BCUT2D eigenvalue weighted by atomic mass is 10.1. The Morgan fingerprint density at radius 2 is 1.84 bits per heavy atom. The third-order valence-corrected chi connectivity index (χ3v) is 3.05. The molecule has 94 valence electrons. The molecular weight excluding hydrogens is 238 g/mol. The maximum absolute atomic E-state index is 9.84. The van der Waals surface area contributed by atoms with Gasteiger partial charge in [0.25, 0.3) is 0 Å². The van der Waals surface area contributed by atoms with E-state index in [1.807, 2.05) is 37.3 Å². The Labute approximate surface area is 110 Å².